The number of amides is 2. The zero-order valence-corrected chi connectivity index (χ0v) is 31.3. The SMILES string of the molecule is NC(N)=NCCC[C@H](NC(=O)/C=C\c1ccc(O)cc1)C(=O)NCCOCCNC(=S)Nc1ccc(-c2c3ccc(=O)cc-3oc3cc(O)ccc23)c(C(=O)O)c1. The third-order valence-electron chi connectivity index (χ3n) is 8.43. The number of carbonyl (C=O) groups excluding carboxylic acids is 2. The van der Waals surface area contributed by atoms with E-state index in [1.807, 2.05) is 0 Å². The van der Waals surface area contributed by atoms with Crippen molar-refractivity contribution in [2.75, 3.05) is 38.2 Å². The van der Waals surface area contributed by atoms with E-state index < -0.39 is 23.8 Å². The zero-order chi connectivity index (χ0) is 40.9. The Balaban J connectivity index is 1.11. The molecule has 0 radical (unpaired) electrons. The Hall–Kier alpha value is -6.98. The van der Waals surface area contributed by atoms with Crippen LogP contribution in [0.15, 0.2) is 99.1 Å². The number of phenolic OH excluding ortho intramolecular Hbond substituents is 2. The summed E-state index contributed by atoms with van der Waals surface area (Å²) in [5, 5.41) is 41.9. The maximum atomic E-state index is 13.0. The average Bonchev–Trinajstić information content (AvgIpc) is 3.17. The van der Waals surface area contributed by atoms with E-state index in [1.54, 1.807) is 42.5 Å². The number of aliphatic imine (C=N–C) groups is 1. The number of nitrogens with zero attached hydrogens (tertiary/aromatic N) is 1. The number of nitrogens with one attached hydrogen (secondary N) is 4. The summed E-state index contributed by atoms with van der Waals surface area (Å²) in [5.41, 5.74) is 13.2. The van der Waals surface area contributed by atoms with E-state index in [0.717, 1.165) is 0 Å². The van der Waals surface area contributed by atoms with Crippen molar-refractivity contribution in [3.05, 3.63) is 106 Å². The van der Waals surface area contributed by atoms with Gasteiger partial charge < -0.3 is 57.2 Å². The van der Waals surface area contributed by atoms with Crippen LogP contribution in [0.5, 0.6) is 11.5 Å². The van der Waals surface area contributed by atoms with Gasteiger partial charge in [-0.25, -0.2) is 4.79 Å². The number of carbonyl (C=O) groups is 3. The fraction of sp³-hybridized carbons (Fsp3) is 0.200. The van der Waals surface area contributed by atoms with Crippen molar-refractivity contribution < 1.29 is 38.9 Å². The van der Waals surface area contributed by atoms with E-state index in [4.69, 9.17) is 32.8 Å². The number of carboxylic acid groups (broad SMARTS) is 1. The van der Waals surface area contributed by atoms with Crippen molar-refractivity contribution in [2.24, 2.45) is 16.5 Å². The molecule has 2 aliphatic rings. The quantitative estimate of drug-likeness (QED) is 0.0163. The fourth-order valence-corrected chi connectivity index (χ4v) is 6.02. The van der Waals surface area contributed by atoms with Crippen molar-refractivity contribution in [1.82, 2.24) is 16.0 Å². The normalized spacial score (nSPS) is 11.6. The Morgan fingerprint density at radius 1 is 0.895 bits per heavy atom. The lowest BCUT2D eigenvalue weighted by atomic mass is 9.90. The van der Waals surface area contributed by atoms with Gasteiger partial charge in [0.05, 0.1) is 18.8 Å². The number of hydrogen-bond acceptors (Lipinski definition) is 10. The second-order valence-electron chi connectivity index (χ2n) is 12.6. The van der Waals surface area contributed by atoms with E-state index >= 15 is 0 Å². The molecule has 16 nitrogen and oxygen atoms in total. The topological polar surface area (TPSA) is 264 Å². The number of fused-ring (bicyclic) bond motifs is 2. The molecular weight excluding hydrogens is 755 g/mol. The highest BCUT2D eigenvalue weighted by atomic mass is 32.1. The minimum Gasteiger partial charge on any atom is -0.508 e. The molecule has 0 fully saturated rings. The van der Waals surface area contributed by atoms with Crippen LogP contribution in [0.25, 0.3) is 39.5 Å². The molecule has 5 rings (SSSR count). The predicted octanol–water partition coefficient (Wildman–Crippen LogP) is 3.35. The second-order valence-corrected chi connectivity index (χ2v) is 13.0. The molecular formula is C40H41N7O9S. The van der Waals surface area contributed by atoms with Gasteiger partial charge in [-0.05, 0) is 90.8 Å². The number of benzene rings is 4. The first kappa shape index (κ1) is 41.2. The minimum absolute atomic E-state index is 0.0395. The molecule has 2 amide bonds. The maximum Gasteiger partial charge on any atom is 0.336 e. The highest BCUT2D eigenvalue weighted by molar-refractivity contribution is 7.80. The third-order valence-corrected chi connectivity index (χ3v) is 8.68. The standard InChI is InChI=1S/C40H41N7O9S/c41-39(42)44-15-1-2-32(47-35(51)14-5-23-3-7-25(48)8-4-23)37(52)43-16-18-55-19-17-45-40(57)46-24-6-11-28(31(20-24)38(53)54)36-29-12-9-26(49)21-33(29)56-34-22-27(50)10-13-30(34)36/h3-14,20-22,32,48-49H,1-2,15-19H2,(H,43,52)(H,47,51)(H,53,54)(H4,41,42,44)(H2,45,46,57)/b14-5-/t32-/m0/s1. The van der Waals surface area contributed by atoms with E-state index in [0.29, 0.717) is 46.3 Å². The Morgan fingerprint density at radius 2 is 1.61 bits per heavy atom. The number of aromatic carboxylic acids is 1. The first-order chi connectivity index (χ1) is 27.4. The number of carboxylic acids is 1. The molecule has 57 heavy (non-hydrogen) atoms. The molecule has 3 aromatic carbocycles. The van der Waals surface area contributed by atoms with Crippen LogP contribution in [-0.2, 0) is 14.3 Å². The summed E-state index contributed by atoms with van der Waals surface area (Å²) >= 11 is 5.41. The van der Waals surface area contributed by atoms with Gasteiger partial charge >= 0.3 is 5.97 Å². The van der Waals surface area contributed by atoms with Crippen LogP contribution in [0.1, 0.15) is 28.8 Å². The van der Waals surface area contributed by atoms with Crippen molar-refractivity contribution in [3.8, 4) is 33.9 Å². The monoisotopic (exact) mass is 795 g/mol. The lowest BCUT2D eigenvalue weighted by Crippen LogP contribution is -2.47. The van der Waals surface area contributed by atoms with Crippen LogP contribution >= 0.6 is 12.2 Å². The average molecular weight is 796 g/mol. The summed E-state index contributed by atoms with van der Waals surface area (Å²) in [5.74, 6) is -1.88. The van der Waals surface area contributed by atoms with Crippen LogP contribution in [-0.4, -0.2) is 83.1 Å². The van der Waals surface area contributed by atoms with Crippen LogP contribution in [0.2, 0.25) is 0 Å². The van der Waals surface area contributed by atoms with Crippen molar-refractivity contribution in [3.63, 3.8) is 0 Å². The first-order valence-electron chi connectivity index (χ1n) is 17.7. The molecule has 3 aromatic rings. The summed E-state index contributed by atoms with van der Waals surface area (Å²) in [4.78, 5) is 54.1. The van der Waals surface area contributed by atoms with Crippen molar-refractivity contribution in [1.29, 1.82) is 0 Å². The van der Waals surface area contributed by atoms with Gasteiger partial charge in [0, 0.05) is 60.0 Å². The van der Waals surface area contributed by atoms with Gasteiger partial charge in [-0.2, -0.15) is 0 Å². The Kier molecular flexibility index (Phi) is 14.1. The van der Waals surface area contributed by atoms with Gasteiger partial charge in [-0.1, -0.05) is 18.2 Å². The maximum absolute atomic E-state index is 13.0. The first-order valence-corrected chi connectivity index (χ1v) is 18.1. The molecule has 0 spiro atoms. The number of hydrogen-bond donors (Lipinski definition) is 9. The van der Waals surface area contributed by atoms with E-state index in [-0.39, 0.29) is 77.6 Å². The smallest absolute Gasteiger partial charge is 0.336 e. The molecule has 296 valence electrons. The van der Waals surface area contributed by atoms with Crippen LogP contribution in [0.3, 0.4) is 0 Å². The number of aromatic hydroxyl groups is 2. The number of rotatable bonds is 17. The zero-order valence-electron chi connectivity index (χ0n) is 30.5. The van der Waals surface area contributed by atoms with Crippen molar-refractivity contribution >= 4 is 63.8 Å². The van der Waals surface area contributed by atoms with E-state index in [9.17, 15) is 34.5 Å². The molecule has 17 heteroatoms. The molecule has 1 atom stereocenters. The van der Waals surface area contributed by atoms with Crippen LogP contribution in [0.4, 0.5) is 5.69 Å². The lowest BCUT2D eigenvalue weighted by Gasteiger charge is -2.18. The van der Waals surface area contributed by atoms with Gasteiger partial charge in [0.25, 0.3) is 0 Å². The molecule has 0 unspecified atom stereocenters. The van der Waals surface area contributed by atoms with Gasteiger partial charge in [0.15, 0.2) is 16.5 Å². The molecule has 1 aliphatic heterocycles. The van der Waals surface area contributed by atoms with Crippen LogP contribution < -0.4 is 38.2 Å². The van der Waals surface area contributed by atoms with Gasteiger partial charge in [-0.15, -0.1) is 0 Å². The largest absolute Gasteiger partial charge is 0.508 e. The summed E-state index contributed by atoms with van der Waals surface area (Å²) < 4.78 is 11.5. The molecule has 0 bridgehead atoms. The number of anilines is 1. The van der Waals surface area contributed by atoms with Gasteiger partial charge in [0.1, 0.15) is 28.9 Å². The Bertz CT molecular complexity index is 2340. The number of phenols is 2. The molecule has 1 aliphatic carbocycles. The molecule has 0 aromatic heterocycles. The lowest BCUT2D eigenvalue weighted by molar-refractivity contribution is -0.127. The summed E-state index contributed by atoms with van der Waals surface area (Å²) in [6, 6.07) is 18.9. The molecule has 0 saturated carbocycles. The second kappa shape index (κ2) is 19.6. The van der Waals surface area contributed by atoms with E-state index in [2.05, 4.69) is 26.3 Å². The minimum atomic E-state index is -1.20. The van der Waals surface area contributed by atoms with E-state index in [1.165, 1.54) is 48.5 Å². The highest BCUT2D eigenvalue weighted by Gasteiger charge is 2.23. The Labute approximate surface area is 331 Å². The summed E-state index contributed by atoms with van der Waals surface area (Å²) in [6.45, 7) is 1.12. The third kappa shape index (κ3) is 11.8. The number of ether oxygens (including phenoxy) is 1. The molecule has 0 saturated heterocycles. The van der Waals surface area contributed by atoms with Gasteiger partial charge in [-0.3, -0.25) is 19.4 Å². The molecule has 11 N–H and O–H groups in total. The van der Waals surface area contributed by atoms with Crippen LogP contribution in [0, 0.1) is 0 Å². The Morgan fingerprint density at radius 3 is 2.35 bits per heavy atom. The summed E-state index contributed by atoms with van der Waals surface area (Å²) in [6.07, 6.45) is 3.56. The number of thiocarbonyl (C=S) groups is 1. The summed E-state index contributed by atoms with van der Waals surface area (Å²) in [7, 11) is 0. The number of nitrogens with two attached hydrogens (primary N) is 2. The molecule has 1 heterocycles. The fourth-order valence-electron chi connectivity index (χ4n) is 5.80. The highest BCUT2D eigenvalue weighted by Crippen LogP contribution is 2.42. The number of guanidine groups is 1. The predicted molar refractivity (Wildman–Crippen MR) is 220 cm³/mol. The van der Waals surface area contributed by atoms with Crippen molar-refractivity contribution in [2.45, 2.75) is 18.9 Å². The van der Waals surface area contributed by atoms with Gasteiger partial charge in [0.2, 0.25) is 11.8 Å².